The Morgan fingerprint density at radius 3 is 2.79 bits per heavy atom. The summed E-state index contributed by atoms with van der Waals surface area (Å²) in [6.07, 6.45) is 3.88. The summed E-state index contributed by atoms with van der Waals surface area (Å²) in [6.45, 7) is 4.46. The normalized spacial score (nSPS) is 23.8. The van der Waals surface area contributed by atoms with Gasteiger partial charge in [-0.05, 0) is 32.1 Å². The van der Waals surface area contributed by atoms with Gasteiger partial charge in [-0.3, -0.25) is 0 Å². The van der Waals surface area contributed by atoms with Gasteiger partial charge in [0.1, 0.15) is 5.76 Å². The third-order valence-electron chi connectivity index (χ3n) is 5.24. The Morgan fingerprint density at radius 2 is 2.17 bits per heavy atom. The minimum Gasteiger partial charge on any atom is -0.361 e. The van der Waals surface area contributed by atoms with E-state index in [1.165, 1.54) is 0 Å². The van der Waals surface area contributed by atoms with Crippen LogP contribution in [0.15, 0.2) is 4.52 Å². The average Bonchev–Trinajstić information content (AvgIpc) is 2.82. The van der Waals surface area contributed by atoms with Crippen LogP contribution in [0.5, 0.6) is 0 Å². The summed E-state index contributed by atoms with van der Waals surface area (Å²) in [5.74, 6) is 1.17. The van der Waals surface area contributed by atoms with Gasteiger partial charge < -0.3 is 14.7 Å². The molecule has 2 heterocycles. The second-order valence-corrected chi connectivity index (χ2v) is 8.97. The van der Waals surface area contributed by atoms with Crippen LogP contribution in [0.25, 0.3) is 0 Å². The van der Waals surface area contributed by atoms with Gasteiger partial charge >= 0.3 is 6.03 Å². The fourth-order valence-corrected chi connectivity index (χ4v) is 5.12. The Hall–Kier alpha value is -1.57. The lowest BCUT2D eigenvalue weighted by Crippen LogP contribution is -2.57. The van der Waals surface area contributed by atoms with Crippen LogP contribution in [0.2, 0.25) is 0 Å². The molecule has 1 aromatic heterocycles. The van der Waals surface area contributed by atoms with Gasteiger partial charge in [0.05, 0.1) is 23.2 Å². The number of aromatic nitrogens is 1. The number of urea groups is 1. The molecule has 2 aliphatic rings. The molecule has 0 bridgehead atoms. The van der Waals surface area contributed by atoms with E-state index in [1.807, 2.05) is 13.8 Å². The number of aryl methyl sites for hydroxylation is 2. The molecule has 0 radical (unpaired) electrons. The summed E-state index contributed by atoms with van der Waals surface area (Å²) in [5.41, 5.74) is 1.76. The van der Waals surface area contributed by atoms with E-state index in [0.717, 1.165) is 36.9 Å². The molecule has 1 atom stereocenters. The van der Waals surface area contributed by atoms with Gasteiger partial charge in [-0.1, -0.05) is 18.5 Å². The maximum absolute atomic E-state index is 12.6. The Morgan fingerprint density at radius 1 is 1.42 bits per heavy atom. The monoisotopic (exact) mass is 355 g/mol. The van der Waals surface area contributed by atoms with Crippen LogP contribution in [0.1, 0.15) is 43.2 Å². The van der Waals surface area contributed by atoms with Crippen LogP contribution in [-0.4, -0.2) is 48.6 Å². The lowest BCUT2D eigenvalue weighted by molar-refractivity contribution is 0.123. The molecule has 8 heteroatoms. The van der Waals surface area contributed by atoms with E-state index in [0.29, 0.717) is 18.2 Å². The summed E-state index contributed by atoms with van der Waals surface area (Å²) in [5, 5.41) is 6.91. The van der Waals surface area contributed by atoms with E-state index in [1.54, 1.807) is 4.90 Å². The summed E-state index contributed by atoms with van der Waals surface area (Å²) in [6, 6.07) is -0.379. The van der Waals surface area contributed by atoms with Gasteiger partial charge in [0, 0.05) is 18.7 Å². The van der Waals surface area contributed by atoms with Crippen molar-refractivity contribution in [1.29, 1.82) is 0 Å². The second kappa shape index (κ2) is 6.74. The zero-order valence-electron chi connectivity index (χ0n) is 14.2. The Labute approximate surface area is 142 Å². The van der Waals surface area contributed by atoms with Crippen LogP contribution in [0.4, 0.5) is 4.79 Å². The molecule has 1 aromatic rings. The van der Waals surface area contributed by atoms with Crippen molar-refractivity contribution in [3.05, 3.63) is 17.0 Å². The molecule has 134 valence electrons. The number of amides is 2. The first kappa shape index (κ1) is 17.3. The Bertz CT molecular complexity index is 709. The first-order chi connectivity index (χ1) is 11.4. The Kier molecular flexibility index (Phi) is 4.85. The number of nitrogens with one attached hydrogen (secondary N) is 1. The van der Waals surface area contributed by atoms with E-state index < -0.39 is 9.84 Å². The zero-order valence-corrected chi connectivity index (χ0v) is 15.1. The van der Waals surface area contributed by atoms with Crippen molar-refractivity contribution in [3.8, 4) is 0 Å². The molecule has 7 nitrogen and oxygen atoms in total. The summed E-state index contributed by atoms with van der Waals surface area (Å²) >= 11 is 0. The van der Waals surface area contributed by atoms with Crippen LogP contribution in [0.3, 0.4) is 0 Å². The fourth-order valence-electron chi connectivity index (χ4n) is 3.51. The van der Waals surface area contributed by atoms with E-state index in [-0.39, 0.29) is 30.1 Å². The highest BCUT2D eigenvalue weighted by atomic mass is 32.2. The lowest BCUT2D eigenvalue weighted by atomic mass is 9.79. The first-order valence-corrected chi connectivity index (χ1v) is 10.4. The van der Waals surface area contributed by atoms with E-state index in [9.17, 15) is 13.2 Å². The van der Waals surface area contributed by atoms with E-state index >= 15 is 0 Å². The maximum Gasteiger partial charge on any atom is 0.317 e. The molecule has 3 rings (SSSR count). The minimum atomic E-state index is -3.04. The smallest absolute Gasteiger partial charge is 0.317 e. The van der Waals surface area contributed by atoms with Crippen LogP contribution in [-0.2, 0) is 22.8 Å². The highest BCUT2D eigenvalue weighted by molar-refractivity contribution is 7.91. The van der Waals surface area contributed by atoms with Gasteiger partial charge in [-0.2, -0.15) is 0 Å². The first-order valence-electron chi connectivity index (χ1n) is 8.60. The SMILES string of the molecule is CCc1noc(C)c1CNC(=O)N1CCS(=O)(=O)CC1C1CCC1. The topological polar surface area (TPSA) is 92.5 Å². The molecule has 1 saturated carbocycles. The van der Waals surface area contributed by atoms with Gasteiger partial charge in [-0.15, -0.1) is 0 Å². The molecule has 1 unspecified atom stereocenters. The molecular weight excluding hydrogens is 330 g/mol. The van der Waals surface area contributed by atoms with E-state index in [2.05, 4.69) is 10.5 Å². The molecule has 2 fully saturated rings. The van der Waals surface area contributed by atoms with Crippen LogP contribution < -0.4 is 5.32 Å². The van der Waals surface area contributed by atoms with Gasteiger partial charge in [0.15, 0.2) is 9.84 Å². The van der Waals surface area contributed by atoms with Crippen molar-refractivity contribution in [3.63, 3.8) is 0 Å². The zero-order chi connectivity index (χ0) is 17.3. The standard InChI is InChI=1S/C16H25N3O4S/c1-3-14-13(11(2)23-18-14)9-17-16(20)19-7-8-24(21,22)10-15(19)12-5-4-6-12/h12,15H,3-10H2,1-2H3,(H,17,20). The molecule has 2 amide bonds. The third kappa shape index (κ3) is 3.43. The van der Waals surface area contributed by atoms with Crippen molar-refractivity contribution in [2.75, 3.05) is 18.1 Å². The number of carbonyl (C=O) groups excluding carboxylic acids is 1. The largest absolute Gasteiger partial charge is 0.361 e. The third-order valence-corrected chi connectivity index (χ3v) is 6.89. The minimum absolute atomic E-state index is 0.0517. The van der Waals surface area contributed by atoms with E-state index in [4.69, 9.17) is 4.52 Å². The quantitative estimate of drug-likeness (QED) is 0.886. The van der Waals surface area contributed by atoms with Gasteiger partial charge in [0.25, 0.3) is 0 Å². The number of rotatable bonds is 4. The molecule has 1 N–H and O–H groups in total. The Balaban J connectivity index is 1.67. The second-order valence-electron chi connectivity index (χ2n) is 6.74. The molecule has 0 aromatic carbocycles. The number of hydrogen-bond acceptors (Lipinski definition) is 5. The van der Waals surface area contributed by atoms with Gasteiger partial charge in [-0.25, -0.2) is 13.2 Å². The molecule has 0 spiro atoms. The summed E-state index contributed by atoms with van der Waals surface area (Å²) < 4.78 is 29.1. The predicted octanol–water partition coefficient (Wildman–Crippen LogP) is 1.65. The number of hydrogen-bond donors (Lipinski definition) is 1. The van der Waals surface area contributed by atoms with Crippen LogP contribution >= 0.6 is 0 Å². The van der Waals surface area contributed by atoms with Crippen molar-refractivity contribution < 1.29 is 17.7 Å². The van der Waals surface area contributed by atoms with Crippen molar-refractivity contribution >= 4 is 15.9 Å². The lowest BCUT2D eigenvalue weighted by Gasteiger charge is -2.43. The molecular formula is C16H25N3O4S. The molecule has 1 aliphatic carbocycles. The van der Waals surface area contributed by atoms with Crippen molar-refractivity contribution in [2.45, 2.75) is 52.1 Å². The van der Waals surface area contributed by atoms with Crippen molar-refractivity contribution in [2.24, 2.45) is 5.92 Å². The molecule has 24 heavy (non-hydrogen) atoms. The highest BCUT2D eigenvalue weighted by Gasteiger charge is 2.40. The fraction of sp³-hybridized carbons (Fsp3) is 0.750. The van der Waals surface area contributed by atoms with Crippen molar-refractivity contribution in [1.82, 2.24) is 15.4 Å². The number of sulfone groups is 1. The van der Waals surface area contributed by atoms with Gasteiger partial charge in [0.2, 0.25) is 0 Å². The maximum atomic E-state index is 12.6. The number of carbonyl (C=O) groups is 1. The highest BCUT2D eigenvalue weighted by Crippen LogP contribution is 2.34. The summed E-state index contributed by atoms with van der Waals surface area (Å²) in [7, 11) is -3.04. The number of nitrogens with zero attached hydrogens (tertiary/aromatic N) is 2. The van der Waals surface area contributed by atoms with Crippen LogP contribution in [0, 0.1) is 12.8 Å². The molecule has 1 saturated heterocycles. The average molecular weight is 355 g/mol. The predicted molar refractivity (Wildman–Crippen MR) is 89.3 cm³/mol. The summed E-state index contributed by atoms with van der Waals surface area (Å²) in [4.78, 5) is 14.4. The molecule has 1 aliphatic heterocycles.